The summed E-state index contributed by atoms with van der Waals surface area (Å²) in [5.74, 6) is 1.61. The number of piperazine rings is 1. The average molecular weight is 355 g/mol. The van der Waals surface area contributed by atoms with E-state index >= 15 is 0 Å². The Morgan fingerprint density at radius 3 is 2.62 bits per heavy atom. The molecule has 5 heteroatoms. The number of para-hydroxylation sites is 1. The second-order valence-corrected chi connectivity index (χ2v) is 6.49. The van der Waals surface area contributed by atoms with Gasteiger partial charge in [-0.15, -0.1) is 0 Å². The van der Waals surface area contributed by atoms with Gasteiger partial charge in [-0.1, -0.05) is 42.5 Å². The van der Waals surface area contributed by atoms with Crippen molar-refractivity contribution in [3.05, 3.63) is 59.7 Å². The van der Waals surface area contributed by atoms with Crippen LogP contribution in [0.4, 0.5) is 0 Å². The lowest BCUT2D eigenvalue weighted by atomic mass is 10.1. The van der Waals surface area contributed by atoms with Crippen LogP contribution < -0.4 is 20.1 Å². The van der Waals surface area contributed by atoms with Crippen molar-refractivity contribution in [3.63, 3.8) is 0 Å². The molecule has 0 atom stereocenters. The highest BCUT2D eigenvalue weighted by molar-refractivity contribution is 5.46. The van der Waals surface area contributed by atoms with E-state index in [1.54, 1.807) is 7.11 Å². The van der Waals surface area contributed by atoms with E-state index in [0.717, 1.165) is 68.4 Å². The molecular formula is C21H29N3O2. The van der Waals surface area contributed by atoms with Crippen molar-refractivity contribution in [1.29, 1.82) is 0 Å². The maximum absolute atomic E-state index is 6.11. The Morgan fingerprint density at radius 1 is 1.04 bits per heavy atom. The quantitative estimate of drug-likeness (QED) is 0.676. The van der Waals surface area contributed by atoms with Gasteiger partial charge in [0.15, 0.2) is 11.5 Å². The van der Waals surface area contributed by atoms with Gasteiger partial charge in [0.25, 0.3) is 0 Å². The number of benzene rings is 2. The van der Waals surface area contributed by atoms with E-state index in [1.807, 2.05) is 30.3 Å². The van der Waals surface area contributed by atoms with Gasteiger partial charge in [-0.25, -0.2) is 0 Å². The maximum Gasteiger partial charge on any atom is 0.166 e. The molecule has 0 saturated carbocycles. The van der Waals surface area contributed by atoms with Gasteiger partial charge in [-0.2, -0.15) is 0 Å². The van der Waals surface area contributed by atoms with Crippen molar-refractivity contribution < 1.29 is 9.47 Å². The number of hydrogen-bond acceptors (Lipinski definition) is 5. The molecule has 1 saturated heterocycles. The number of hydrogen-bond donors (Lipinski definition) is 2. The van der Waals surface area contributed by atoms with Crippen molar-refractivity contribution in [2.45, 2.75) is 13.2 Å². The van der Waals surface area contributed by atoms with E-state index < -0.39 is 0 Å². The summed E-state index contributed by atoms with van der Waals surface area (Å²) >= 11 is 0. The van der Waals surface area contributed by atoms with E-state index in [2.05, 4.69) is 33.7 Å². The second kappa shape index (κ2) is 10.2. The first-order valence-electron chi connectivity index (χ1n) is 9.33. The summed E-state index contributed by atoms with van der Waals surface area (Å²) in [6.45, 7) is 7.79. The highest BCUT2D eigenvalue weighted by Gasteiger charge is 2.12. The van der Waals surface area contributed by atoms with Gasteiger partial charge in [0, 0.05) is 51.4 Å². The van der Waals surface area contributed by atoms with Crippen molar-refractivity contribution in [2.24, 2.45) is 0 Å². The highest BCUT2D eigenvalue weighted by Crippen LogP contribution is 2.31. The Balaban J connectivity index is 1.55. The average Bonchev–Trinajstić information content (AvgIpc) is 2.71. The van der Waals surface area contributed by atoms with E-state index in [1.165, 1.54) is 0 Å². The van der Waals surface area contributed by atoms with Gasteiger partial charge < -0.3 is 20.1 Å². The van der Waals surface area contributed by atoms with Gasteiger partial charge in [0.2, 0.25) is 0 Å². The topological polar surface area (TPSA) is 45.8 Å². The largest absolute Gasteiger partial charge is 0.493 e. The molecule has 0 aromatic heterocycles. The predicted octanol–water partition coefficient (Wildman–Crippen LogP) is 2.27. The molecule has 2 aromatic rings. The molecular weight excluding hydrogens is 326 g/mol. The van der Waals surface area contributed by atoms with E-state index in [9.17, 15) is 0 Å². The Hall–Kier alpha value is -2.08. The van der Waals surface area contributed by atoms with Gasteiger partial charge in [-0.05, 0) is 11.6 Å². The van der Waals surface area contributed by atoms with Gasteiger partial charge in [-0.3, -0.25) is 4.90 Å². The fourth-order valence-electron chi connectivity index (χ4n) is 3.15. The molecule has 0 bridgehead atoms. The molecule has 2 N–H and O–H groups in total. The van der Waals surface area contributed by atoms with Crippen LogP contribution in [0.2, 0.25) is 0 Å². The third-order valence-electron chi connectivity index (χ3n) is 4.64. The summed E-state index contributed by atoms with van der Waals surface area (Å²) in [6, 6.07) is 16.3. The summed E-state index contributed by atoms with van der Waals surface area (Å²) < 4.78 is 11.6. The normalized spacial score (nSPS) is 15.0. The van der Waals surface area contributed by atoms with E-state index in [-0.39, 0.29) is 0 Å². The molecule has 1 aliphatic rings. The third-order valence-corrected chi connectivity index (χ3v) is 4.64. The Morgan fingerprint density at radius 2 is 1.85 bits per heavy atom. The number of nitrogens with zero attached hydrogens (tertiary/aromatic N) is 1. The zero-order valence-corrected chi connectivity index (χ0v) is 15.5. The minimum atomic E-state index is 0.537. The molecule has 0 amide bonds. The van der Waals surface area contributed by atoms with E-state index in [4.69, 9.17) is 9.47 Å². The van der Waals surface area contributed by atoms with Crippen LogP contribution in [-0.4, -0.2) is 51.3 Å². The number of nitrogens with one attached hydrogen (secondary N) is 2. The SMILES string of the molecule is COc1cccc(CNCCN2CCNCC2)c1OCc1ccccc1. The molecule has 0 aliphatic carbocycles. The van der Waals surface area contributed by atoms with Crippen LogP contribution in [0.25, 0.3) is 0 Å². The second-order valence-electron chi connectivity index (χ2n) is 6.49. The first kappa shape index (κ1) is 18.7. The van der Waals surface area contributed by atoms with Crippen LogP contribution in [0.5, 0.6) is 11.5 Å². The lowest BCUT2D eigenvalue weighted by Crippen LogP contribution is -2.45. The van der Waals surface area contributed by atoms with Crippen LogP contribution in [0.15, 0.2) is 48.5 Å². The first-order valence-corrected chi connectivity index (χ1v) is 9.33. The molecule has 5 nitrogen and oxygen atoms in total. The summed E-state index contributed by atoms with van der Waals surface area (Å²) in [5, 5.41) is 6.93. The fourth-order valence-corrected chi connectivity index (χ4v) is 3.15. The number of rotatable bonds is 9. The number of methoxy groups -OCH3 is 1. The molecule has 26 heavy (non-hydrogen) atoms. The monoisotopic (exact) mass is 355 g/mol. The van der Waals surface area contributed by atoms with Crippen LogP contribution in [0.1, 0.15) is 11.1 Å². The fraction of sp³-hybridized carbons (Fsp3) is 0.429. The molecule has 0 unspecified atom stereocenters. The minimum absolute atomic E-state index is 0.537. The Labute approximate surface area is 156 Å². The van der Waals surface area contributed by atoms with Crippen LogP contribution in [0.3, 0.4) is 0 Å². The van der Waals surface area contributed by atoms with Gasteiger partial charge in [0.1, 0.15) is 6.61 Å². The molecule has 3 rings (SSSR count). The number of ether oxygens (including phenoxy) is 2. The maximum atomic E-state index is 6.11. The summed E-state index contributed by atoms with van der Waals surface area (Å²) in [6.07, 6.45) is 0. The third kappa shape index (κ3) is 5.46. The van der Waals surface area contributed by atoms with Gasteiger partial charge >= 0.3 is 0 Å². The van der Waals surface area contributed by atoms with Crippen molar-refractivity contribution in [1.82, 2.24) is 15.5 Å². The molecule has 1 aliphatic heterocycles. The molecule has 0 radical (unpaired) electrons. The van der Waals surface area contributed by atoms with Crippen molar-refractivity contribution in [2.75, 3.05) is 46.4 Å². The standard InChI is InChI=1S/C21H29N3O2/c1-25-20-9-5-8-19(16-23-12-15-24-13-10-22-11-14-24)21(20)26-17-18-6-3-2-4-7-18/h2-9,22-23H,10-17H2,1H3. The lowest BCUT2D eigenvalue weighted by Gasteiger charge is -2.27. The molecule has 1 heterocycles. The van der Waals surface area contributed by atoms with Crippen molar-refractivity contribution >= 4 is 0 Å². The minimum Gasteiger partial charge on any atom is -0.493 e. The van der Waals surface area contributed by atoms with E-state index in [0.29, 0.717) is 6.61 Å². The zero-order valence-electron chi connectivity index (χ0n) is 15.5. The first-order chi connectivity index (χ1) is 12.9. The smallest absolute Gasteiger partial charge is 0.166 e. The Kier molecular flexibility index (Phi) is 7.31. The van der Waals surface area contributed by atoms with Crippen LogP contribution >= 0.6 is 0 Å². The van der Waals surface area contributed by atoms with Crippen LogP contribution in [0, 0.1) is 0 Å². The van der Waals surface area contributed by atoms with Crippen molar-refractivity contribution in [3.8, 4) is 11.5 Å². The van der Waals surface area contributed by atoms with Crippen LogP contribution in [-0.2, 0) is 13.2 Å². The molecule has 140 valence electrons. The summed E-state index contributed by atoms with van der Waals surface area (Å²) in [7, 11) is 1.69. The Bertz CT molecular complexity index is 658. The predicted molar refractivity (Wildman–Crippen MR) is 105 cm³/mol. The molecule has 0 spiro atoms. The molecule has 1 fully saturated rings. The highest BCUT2D eigenvalue weighted by atomic mass is 16.5. The lowest BCUT2D eigenvalue weighted by molar-refractivity contribution is 0.240. The summed E-state index contributed by atoms with van der Waals surface area (Å²) in [4.78, 5) is 2.49. The summed E-state index contributed by atoms with van der Waals surface area (Å²) in [5.41, 5.74) is 2.27. The zero-order chi connectivity index (χ0) is 18.0. The van der Waals surface area contributed by atoms with Gasteiger partial charge in [0.05, 0.1) is 7.11 Å². The molecule has 2 aromatic carbocycles.